The first-order valence-corrected chi connectivity index (χ1v) is 6.45. The van der Waals surface area contributed by atoms with E-state index in [1.807, 2.05) is 0 Å². The zero-order chi connectivity index (χ0) is 14.8. The van der Waals surface area contributed by atoms with Crippen LogP contribution < -0.4 is 5.73 Å². The minimum absolute atomic E-state index is 0.329. The summed E-state index contributed by atoms with van der Waals surface area (Å²) >= 11 is 0. The molecule has 0 saturated carbocycles. The average Bonchev–Trinajstić information content (AvgIpc) is 2.22. The van der Waals surface area contributed by atoms with Crippen LogP contribution in [-0.4, -0.2) is 41.7 Å². The fourth-order valence-corrected chi connectivity index (χ4v) is 2.51. The highest BCUT2D eigenvalue weighted by Crippen LogP contribution is 2.27. The maximum absolute atomic E-state index is 12.1. The average molecular weight is 279 g/mol. The fourth-order valence-electron chi connectivity index (χ4n) is 1.04. The lowest BCUT2D eigenvalue weighted by Gasteiger charge is -2.29. The molecule has 0 aromatic heterocycles. The zero-order valence-corrected chi connectivity index (χ0v) is 11.3. The highest BCUT2D eigenvalue weighted by atomic mass is 32.2. The van der Waals surface area contributed by atoms with E-state index in [4.69, 9.17) is 10.8 Å². The number of carboxylic acid groups (broad SMARTS) is 1. The molecule has 0 bridgehead atoms. The molecule has 1 unspecified atom stereocenters. The van der Waals surface area contributed by atoms with E-state index >= 15 is 0 Å². The van der Waals surface area contributed by atoms with Crippen LogP contribution in [0, 0.1) is 0 Å². The zero-order valence-electron chi connectivity index (χ0n) is 10.5. The molecule has 0 amide bonds. The molecule has 0 heterocycles. The van der Waals surface area contributed by atoms with Crippen molar-refractivity contribution in [2.45, 2.75) is 30.4 Å². The van der Waals surface area contributed by atoms with E-state index in [9.17, 15) is 18.0 Å². The minimum atomic E-state index is -4.50. The molecular weight excluding hydrogens is 262 g/mol. The van der Waals surface area contributed by atoms with Crippen LogP contribution in [0.15, 0.2) is 12.7 Å². The molecule has 0 aliphatic carbocycles. The number of carbonyl (C=O) groups excluding carboxylic acids is 1. The third-order valence-electron chi connectivity index (χ3n) is 2.18. The van der Waals surface area contributed by atoms with Gasteiger partial charge in [-0.3, -0.25) is 5.73 Å². The molecule has 104 valence electrons. The molecule has 0 aromatic rings. The van der Waals surface area contributed by atoms with Gasteiger partial charge in [-0.15, -0.1) is 0 Å². The number of sulfone groups is 1. The summed E-state index contributed by atoms with van der Waals surface area (Å²) in [5.74, 6) is -3.52. The lowest BCUT2D eigenvalue weighted by Crippen LogP contribution is -2.65. The molecule has 18 heavy (non-hydrogen) atoms. The molecule has 0 spiro atoms. The fraction of sp³-hybridized carbons (Fsp3) is 0.600. The summed E-state index contributed by atoms with van der Waals surface area (Å²) in [4.78, 5) is 19.6. The van der Waals surface area contributed by atoms with Crippen molar-refractivity contribution in [3.05, 3.63) is 12.7 Å². The maximum atomic E-state index is 12.1. The second kappa shape index (κ2) is 5.07. The van der Waals surface area contributed by atoms with Gasteiger partial charge in [-0.2, -0.15) is 0 Å². The van der Waals surface area contributed by atoms with Crippen LogP contribution in [0.2, 0.25) is 0 Å². The first-order valence-electron chi connectivity index (χ1n) is 4.97. The summed E-state index contributed by atoms with van der Waals surface area (Å²) in [6, 6.07) is 0. The van der Waals surface area contributed by atoms with Crippen LogP contribution in [0.4, 0.5) is 0 Å². The second-order valence-electron chi connectivity index (χ2n) is 4.54. The summed E-state index contributed by atoms with van der Waals surface area (Å²) in [6.45, 7) is 6.66. The molecule has 0 saturated heterocycles. The highest BCUT2D eigenvalue weighted by molar-refractivity contribution is 7.95. The van der Waals surface area contributed by atoms with Gasteiger partial charge in [-0.25, -0.2) is 18.0 Å². The Balaban J connectivity index is 5.78. The Bertz CT molecular complexity index is 461. The normalized spacial score (nSPS) is 15.6. The molecular formula is C10H17NO6S. The molecule has 0 radical (unpaired) electrons. The number of aliphatic carboxylic acids is 1. The van der Waals surface area contributed by atoms with Crippen LogP contribution >= 0.6 is 0 Å². The number of hydrogen-bond donors (Lipinski definition) is 2. The van der Waals surface area contributed by atoms with E-state index in [0.29, 0.717) is 0 Å². The van der Waals surface area contributed by atoms with Crippen molar-refractivity contribution < 1.29 is 27.9 Å². The van der Waals surface area contributed by atoms with Gasteiger partial charge >= 0.3 is 16.8 Å². The largest absolute Gasteiger partial charge is 0.479 e. The Morgan fingerprint density at radius 2 is 1.83 bits per heavy atom. The number of carbonyl (C=O) groups is 2. The summed E-state index contributed by atoms with van der Waals surface area (Å²) in [7, 11) is -4.50. The van der Waals surface area contributed by atoms with Crippen LogP contribution in [0.1, 0.15) is 20.8 Å². The SMILES string of the molecule is C=CCOC(=O)C(N)(C(=O)O)S(=O)(=O)C(C)(C)C. The van der Waals surface area contributed by atoms with Gasteiger partial charge in [0.2, 0.25) is 0 Å². The number of rotatable bonds is 5. The molecule has 1 atom stereocenters. The highest BCUT2D eigenvalue weighted by Gasteiger charge is 2.60. The number of nitrogens with two attached hydrogens (primary N) is 1. The first-order chi connectivity index (χ1) is 7.92. The van der Waals surface area contributed by atoms with Gasteiger partial charge in [0, 0.05) is 0 Å². The monoisotopic (exact) mass is 279 g/mol. The van der Waals surface area contributed by atoms with Gasteiger partial charge in [-0.05, 0) is 20.8 Å². The van der Waals surface area contributed by atoms with Crippen LogP contribution in [0.25, 0.3) is 0 Å². The minimum Gasteiger partial charge on any atom is -0.479 e. The Morgan fingerprint density at radius 3 is 2.11 bits per heavy atom. The van der Waals surface area contributed by atoms with Crippen molar-refractivity contribution in [3.63, 3.8) is 0 Å². The molecule has 0 rings (SSSR count). The van der Waals surface area contributed by atoms with Crippen LogP contribution in [0.3, 0.4) is 0 Å². The Morgan fingerprint density at radius 1 is 1.39 bits per heavy atom. The molecule has 0 aromatic carbocycles. The lowest BCUT2D eigenvalue weighted by molar-refractivity contribution is -0.155. The molecule has 7 nitrogen and oxygen atoms in total. The quantitative estimate of drug-likeness (QED) is 0.401. The van der Waals surface area contributed by atoms with E-state index in [1.54, 1.807) is 0 Å². The van der Waals surface area contributed by atoms with Crippen molar-refractivity contribution in [3.8, 4) is 0 Å². The van der Waals surface area contributed by atoms with Gasteiger partial charge in [0.05, 0.1) is 4.75 Å². The predicted octanol–water partition coefficient (Wildman–Crippen LogP) is -0.331. The molecule has 0 fully saturated rings. The second-order valence-corrected chi connectivity index (χ2v) is 7.42. The summed E-state index contributed by atoms with van der Waals surface area (Å²) < 4.78 is 27.1. The van der Waals surface area contributed by atoms with E-state index in [1.165, 1.54) is 26.8 Å². The van der Waals surface area contributed by atoms with Crippen molar-refractivity contribution in [2.75, 3.05) is 6.61 Å². The van der Waals surface area contributed by atoms with Crippen molar-refractivity contribution >= 4 is 21.8 Å². The summed E-state index contributed by atoms with van der Waals surface area (Å²) in [5.41, 5.74) is 5.29. The predicted molar refractivity (Wildman–Crippen MR) is 64.4 cm³/mol. The topological polar surface area (TPSA) is 124 Å². The lowest BCUT2D eigenvalue weighted by atomic mass is 10.2. The van der Waals surface area contributed by atoms with Crippen LogP contribution in [0.5, 0.6) is 0 Å². The molecule has 8 heteroatoms. The standard InChI is InChI=1S/C10H17NO6S/c1-5-6-17-8(14)10(11,7(12)13)18(15,16)9(2,3)4/h5H,1,6,11H2,2-4H3,(H,12,13). The third-order valence-corrected chi connectivity index (χ3v) is 4.98. The third kappa shape index (κ3) is 2.54. The van der Waals surface area contributed by atoms with Crippen LogP contribution in [-0.2, 0) is 24.2 Å². The van der Waals surface area contributed by atoms with Gasteiger partial charge in [0.25, 0.3) is 0 Å². The van der Waals surface area contributed by atoms with Gasteiger partial charge in [-0.1, -0.05) is 12.7 Å². The van der Waals surface area contributed by atoms with Crippen molar-refractivity contribution in [2.24, 2.45) is 5.73 Å². The first kappa shape index (κ1) is 16.6. The maximum Gasteiger partial charge on any atom is 0.354 e. The van der Waals surface area contributed by atoms with Crippen molar-refractivity contribution in [1.82, 2.24) is 0 Å². The van der Waals surface area contributed by atoms with Gasteiger partial charge in [0.1, 0.15) is 6.61 Å². The molecule has 3 N–H and O–H groups in total. The number of esters is 1. The molecule has 0 aliphatic heterocycles. The summed E-state index contributed by atoms with van der Waals surface area (Å²) in [5, 5.41) is 8.97. The number of hydrogen-bond acceptors (Lipinski definition) is 6. The number of carboxylic acids is 1. The smallest absolute Gasteiger partial charge is 0.354 e. The Labute approximate surface area is 106 Å². The van der Waals surface area contributed by atoms with E-state index in [2.05, 4.69) is 11.3 Å². The Hall–Kier alpha value is -1.41. The van der Waals surface area contributed by atoms with Crippen molar-refractivity contribution in [1.29, 1.82) is 0 Å². The number of ether oxygens (including phenoxy) is 1. The summed E-state index contributed by atoms with van der Waals surface area (Å²) in [6.07, 6.45) is 1.17. The van der Waals surface area contributed by atoms with E-state index in [-0.39, 0.29) is 6.61 Å². The van der Waals surface area contributed by atoms with E-state index < -0.39 is 31.4 Å². The van der Waals surface area contributed by atoms with Gasteiger partial charge < -0.3 is 9.84 Å². The van der Waals surface area contributed by atoms with Gasteiger partial charge in [0.15, 0.2) is 9.84 Å². The Kier molecular flexibility index (Phi) is 4.67. The molecule has 0 aliphatic rings. The van der Waals surface area contributed by atoms with E-state index in [0.717, 1.165) is 0 Å².